The molecule has 4 nitrogen and oxygen atoms in total. The van der Waals surface area contributed by atoms with E-state index in [1.54, 1.807) is 42.4 Å². The van der Waals surface area contributed by atoms with Crippen molar-refractivity contribution in [3.05, 3.63) is 40.5 Å². The van der Waals surface area contributed by atoms with Crippen molar-refractivity contribution < 1.29 is 9.84 Å². The number of ether oxygens (including phenoxy) is 1. The summed E-state index contributed by atoms with van der Waals surface area (Å²) in [6, 6.07) is 3.72. The number of methoxy groups -OCH3 is 1. The minimum absolute atomic E-state index is 0.398. The zero-order valence-electron chi connectivity index (χ0n) is 9.54. The van der Waals surface area contributed by atoms with Gasteiger partial charge in [-0.3, -0.25) is 4.98 Å². The zero-order valence-corrected chi connectivity index (χ0v) is 10.4. The predicted molar refractivity (Wildman–Crippen MR) is 66.3 cm³/mol. The Morgan fingerprint density at radius 1 is 1.35 bits per heavy atom. The van der Waals surface area contributed by atoms with Crippen LogP contribution in [0.5, 0.6) is 5.88 Å². The second kappa shape index (κ2) is 5.75. The Labute approximate surface area is 104 Å². The van der Waals surface area contributed by atoms with E-state index >= 15 is 0 Å². The van der Waals surface area contributed by atoms with Gasteiger partial charge in [-0.25, -0.2) is 4.98 Å². The first kappa shape index (κ1) is 12.0. The lowest BCUT2D eigenvalue weighted by molar-refractivity contribution is 0.176. The molecule has 0 aliphatic heterocycles. The van der Waals surface area contributed by atoms with E-state index in [2.05, 4.69) is 9.97 Å². The van der Waals surface area contributed by atoms with Crippen LogP contribution in [0.1, 0.15) is 10.4 Å². The highest BCUT2D eigenvalue weighted by molar-refractivity contribution is 7.09. The molecule has 2 heterocycles. The lowest BCUT2D eigenvalue weighted by Crippen LogP contribution is -2.13. The van der Waals surface area contributed by atoms with E-state index in [4.69, 9.17) is 4.74 Å². The van der Waals surface area contributed by atoms with Gasteiger partial charge in [0, 0.05) is 36.2 Å². The van der Waals surface area contributed by atoms with Crippen LogP contribution in [0.2, 0.25) is 0 Å². The van der Waals surface area contributed by atoms with E-state index in [1.807, 2.05) is 6.07 Å². The number of pyridine rings is 1. The van der Waals surface area contributed by atoms with Crippen molar-refractivity contribution in [2.75, 3.05) is 7.11 Å². The molecular weight excluding hydrogens is 236 g/mol. The number of aliphatic hydroxyl groups is 1. The summed E-state index contributed by atoms with van der Waals surface area (Å²) in [6.07, 6.45) is 4.35. The number of nitrogens with zero attached hydrogens (tertiary/aromatic N) is 2. The van der Waals surface area contributed by atoms with Gasteiger partial charge in [0.25, 0.3) is 0 Å². The molecule has 0 spiro atoms. The summed E-state index contributed by atoms with van der Waals surface area (Å²) in [7, 11) is 1.58. The van der Waals surface area contributed by atoms with Crippen LogP contribution in [0.15, 0.2) is 30.0 Å². The molecule has 1 atom stereocenters. The van der Waals surface area contributed by atoms with E-state index in [9.17, 15) is 5.11 Å². The van der Waals surface area contributed by atoms with Gasteiger partial charge in [0.05, 0.1) is 18.7 Å². The number of hydrogen-bond acceptors (Lipinski definition) is 5. The first-order valence-corrected chi connectivity index (χ1v) is 6.20. The minimum Gasteiger partial charge on any atom is -0.481 e. The van der Waals surface area contributed by atoms with Crippen molar-refractivity contribution in [3.63, 3.8) is 0 Å². The van der Waals surface area contributed by atoms with Crippen molar-refractivity contribution in [3.8, 4) is 5.88 Å². The van der Waals surface area contributed by atoms with Gasteiger partial charge in [-0.05, 0) is 5.56 Å². The number of aliphatic hydroxyl groups excluding tert-OH is 1. The molecule has 0 aliphatic rings. The maximum atomic E-state index is 9.92. The SMILES string of the molecule is COc1ccc(CC(O)Cc2cncs2)cn1. The molecule has 0 saturated heterocycles. The third kappa shape index (κ3) is 3.51. The molecule has 90 valence electrons. The smallest absolute Gasteiger partial charge is 0.212 e. The summed E-state index contributed by atoms with van der Waals surface area (Å²) in [5.74, 6) is 0.589. The van der Waals surface area contributed by atoms with Crippen LogP contribution >= 0.6 is 11.3 Å². The normalized spacial score (nSPS) is 12.4. The molecular formula is C12H14N2O2S. The molecule has 2 aromatic rings. The van der Waals surface area contributed by atoms with Crippen molar-refractivity contribution in [1.29, 1.82) is 0 Å². The van der Waals surface area contributed by atoms with E-state index in [0.29, 0.717) is 18.7 Å². The lowest BCUT2D eigenvalue weighted by atomic mass is 10.1. The monoisotopic (exact) mass is 250 g/mol. The largest absolute Gasteiger partial charge is 0.481 e. The molecule has 17 heavy (non-hydrogen) atoms. The van der Waals surface area contributed by atoms with E-state index in [0.717, 1.165) is 10.4 Å². The van der Waals surface area contributed by atoms with Gasteiger partial charge in [-0.1, -0.05) is 6.07 Å². The summed E-state index contributed by atoms with van der Waals surface area (Å²) in [5.41, 5.74) is 2.78. The molecule has 0 aromatic carbocycles. The predicted octanol–water partition coefficient (Wildman–Crippen LogP) is 1.69. The van der Waals surface area contributed by atoms with Crippen molar-refractivity contribution in [2.45, 2.75) is 18.9 Å². The van der Waals surface area contributed by atoms with Crippen molar-refractivity contribution >= 4 is 11.3 Å². The van der Waals surface area contributed by atoms with Gasteiger partial charge < -0.3 is 9.84 Å². The molecule has 0 radical (unpaired) electrons. The molecule has 0 saturated carbocycles. The number of hydrogen-bond donors (Lipinski definition) is 1. The van der Waals surface area contributed by atoms with Gasteiger partial charge in [0.1, 0.15) is 0 Å². The minimum atomic E-state index is -0.398. The molecule has 0 amide bonds. The molecule has 2 rings (SSSR count). The lowest BCUT2D eigenvalue weighted by Gasteiger charge is -2.09. The van der Waals surface area contributed by atoms with Crippen LogP contribution in [0, 0.1) is 0 Å². The zero-order chi connectivity index (χ0) is 12.1. The van der Waals surface area contributed by atoms with Gasteiger partial charge in [-0.2, -0.15) is 0 Å². The highest BCUT2D eigenvalue weighted by Gasteiger charge is 2.08. The average Bonchev–Trinajstić information content (AvgIpc) is 2.82. The molecule has 0 aliphatic carbocycles. The van der Waals surface area contributed by atoms with Gasteiger partial charge in [-0.15, -0.1) is 11.3 Å². The summed E-state index contributed by atoms with van der Waals surface area (Å²) in [5, 5.41) is 9.92. The fourth-order valence-corrected chi connectivity index (χ4v) is 2.24. The Balaban J connectivity index is 1.91. The number of thiazole rings is 1. The Morgan fingerprint density at radius 2 is 2.24 bits per heavy atom. The van der Waals surface area contributed by atoms with Crippen LogP contribution in [-0.4, -0.2) is 28.3 Å². The second-order valence-electron chi connectivity index (χ2n) is 3.74. The summed E-state index contributed by atoms with van der Waals surface area (Å²) < 4.78 is 4.98. The van der Waals surface area contributed by atoms with E-state index < -0.39 is 6.10 Å². The maximum Gasteiger partial charge on any atom is 0.212 e. The van der Waals surface area contributed by atoms with Crippen LogP contribution in [0.25, 0.3) is 0 Å². The molecule has 1 unspecified atom stereocenters. The Kier molecular flexibility index (Phi) is 4.06. The summed E-state index contributed by atoms with van der Waals surface area (Å²) >= 11 is 1.56. The van der Waals surface area contributed by atoms with E-state index in [1.165, 1.54) is 0 Å². The molecule has 5 heteroatoms. The quantitative estimate of drug-likeness (QED) is 0.877. The topological polar surface area (TPSA) is 55.2 Å². The summed E-state index contributed by atoms with van der Waals surface area (Å²) in [4.78, 5) is 9.18. The first-order valence-electron chi connectivity index (χ1n) is 5.32. The van der Waals surface area contributed by atoms with Crippen molar-refractivity contribution in [2.24, 2.45) is 0 Å². The molecule has 1 N–H and O–H groups in total. The van der Waals surface area contributed by atoms with Gasteiger partial charge >= 0.3 is 0 Å². The fraction of sp³-hybridized carbons (Fsp3) is 0.333. The highest BCUT2D eigenvalue weighted by Crippen LogP contribution is 2.13. The second-order valence-corrected chi connectivity index (χ2v) is 4.71. The standard InChI is InChI=1S/C12H14N2O2S/c1-16-12-3-2-9(6-14-12)4-10(15)5-11-7-13-8-17-11/h2-3,6-8,10,15H,4-5H2,1H3. The third-order valence-electron chi connectivity index (χ3n) is 2.40. The molecule has 2 aromatic heterocycles. The number of rotatable bonds is 5. The average molecular weight is 250 g/mol. The summed E-state index contributed by atoms with van der Waals surface area (Å²) in [6.45, 7) is 0. The first-order chi connectivity index (χ1) is 8.28. The highest BCUT2D eigenvalue weighted by atomic mass is 32.1. The Morgan fingerprint density at radius 3 is 2.82 bits per heavy atom. The van der Waals surface area contributed by atoms with Crippen LogP contribution in [0.4, 0.5) is 0 Å². The van der Waals surface area contributed by atoms with Gasteiger partial charge in [0.2, 0.25) is 5.88 Å². The van der Waals surface area contributed by atoms with Crippen molar-refractivity contribution in [1.82, 2.24) is 9.97 Å². The maximum absolute atomic E-state index is 9.92. The molecule has 0 fully saturated rings. The third-order valence-corrected chi connectivity index (χ3v) is 3.20. The fourth-order valence-electron chi connectivity index (χ4n) is 1.57. The Hall–Kier alpha value is -1.46. The van der Waals surface area contributed by atoms with Gasteiger partial charge in [0.15, 0.2) is 0 Å². The van der Waals surface area contributed by atoms with Crippen LogP contribution in [0.3, 0.4) is 0 Å². The van der Waals surface area contributed by atoms with Crippen LogP contribution in [-0.2, 0) is 12.8 Å². The molecule has 0 bridgehead atoms. The number of aromatic nitrogens is 2. The van der Waals surface area contributed by atoms with Crippen LogP contribution < -0.4 is 4.74 Å². The van der Waals surface area contributed by atoms with E-state index in [-0.39, 0.29) is 0 Å². The Bertz CT molecular complexity index is 442.